The van der Waals surface area contributed by atoms with Gasteiger partial charge in [0.15, 0.2) is 0 Å². The maximum atomic E-state index is 3.49. The van der Waals surface area contributed by atoms with E-state index in [-0.39, 0.29) is 0 Å². The summed E-state index contributed by atoms with van der Waals surface area (Å²) in [6, 6.07) is 0.822. The Balaban J connectivity index is 1.92. The Hall–Kier alpha value is 0.270. The van der Waals surface area contributed by atoms with Gasteiger partial charge in [0.25, 0.3) is 0 Å². The zero-order valence-electron chi connectivity index (χ0n) is 7.75. The Bertz CT molecular complexity index is 145. The minimum absolute atomic E-state index is 0.822. The smallest absolute Gasteiger partial charge is 0.0351 e. The molecular weight excluding hydrogens is 168 g/mol. The predicted molar refractivity (Wildman–Crippen MR) is 54.8 cm³/mol. The number of rotatable bonds is 2. The Morgan fingerprint density at radius 2 is 2.00 bits per heavy atom. The molecule has 12 heavy (non-hydrogen) atoms. The lowest BCUT2D eigenvalue weighted by Crippen LogP contribution is -2.39. The third kappa shape index (κ3) is 1.63. The van der Waals surface area contributed by atoms with Crippen LogP contribution < -0.4 is 5.32 Å². The molecule has 0 saturated carbocycles. The molecule has 0 aliphatic carbocycles. The van der Waals surface area contributed by atoms with Crippen LogP contribution in [0.15, 0.2) is 0 Å². The standard InChI is InChI=1S/C9H18N2S/c1-12-9-7-10-6-8(9)11-4-2-3-5-11/h8-10H,2-7H2,1H3/t8-,9+/m0/s1. The van der Waals surface area contributed by atoms with Crippen molar-refractivity contribution in [2.45, 2.75) is 24.1 Å². The van der Waals surface area contributed by atoms with Crippen LogP contribution in [-0.2, 0) is 0 Å². The molecule has 1 N–H and O–H groups in total. The van der Waals surface area contributed by atoms with Crippen LogP contribution in [0.25, 0.3) is 0 Å². The maximum absolute atomic E-state index is 3.49. The van der Waals surface area contributed by atoms with Crippen molar-refractivity contribution in [2.24, 2.45) is 0 Å². The summed E-state index contributed by atoms with van der Waals surface area (Å²) in [4.78, 5) is 2.67. The van der Waals surface area contributed by atoms with Crippen molar-refractivity contribution in [3.05, 3.63) is 0 Å². The highest BCUT2D eigenvalue weighted by atomic mass is 32.2. The molecule has 2 nitrogen and oxygen atoms in total. The highest BCUT2D eigenvalue weighted by Gasteiger charge is 2.32. The second-order valence-corrected chi connectivity index (χ2v) is 4.82. The third-order valence-electron chi connectivity index (χ3n) is 3.04. The van der Waals surface area contributed by atoms with E-state index in [4.69, 9.17) is 0 Å². The fourth-order valence-corrected chi connectivity index (χ4v) is 3.19. The van der Waals surface area contributed by atoms with Crippen LogP contribution in [0.3, 0.4) is 0 Å². The number of nitrogens with one attached hydrogen (secondary N) is 1. The molecule has 2 fully saturated rings. The van der Waals surface area contributed by atoms with Crippen LogP contribution in [0.4, 0.5) is 0 Å². The molecule has 2 aliphatic heterocycles. The number of hydrogen-bond donors (Lipinski definition) is 1. The summed E-state index contributed by atoms with van der Waals surface area (Å²) in [6.07, 6.45) is 5.07. The molecule has 3 heteroatoms. The zero-order valence-corrected chi connectivity index (χ0v) is 8.57. The quantitative estimate of drug-likeness (QED) is 0.686. The lowest BCUT2D eigenvalue weighted by atomic mass is 10.2. The lowest BCUT2D eigenvalue weighted by molar-refractivity contribution is 0.263. The first kappa shape index (κ1) is 8.85. The number of likely N-dealkylation sites (tertiary alicyclic amines) is 1. The molecule has 2 heterocycles. The van der Waals surface area contributed by atoms with Crippen LogP contribution >= 0.6 is 11.8 Å². The fourth-order valence-electron chi connectivity index (χ4n) is 2.32. The van der Waals surface area contributed by atoms with Crippen LogP contribution in [0.2, 0.25) is 0 Å². The number of thioether (sulfide) groups is 1. The number of hydrogen-bond acceptors (Lipinski definition) is 3. The van der Waals surface area contributed by atoms with Crippen molar-refractivity contribution in [3.8, 4) is 0 Å². The van der Waals surface area contributed by atoms with Crippen molar-refractivity contribution < 1.29 is 0 Å². The highest BCUT2D eigenvalue weighted by Crippen LogP contribution is 2.23. The second-order valence-electron chi connectivity index (χ2n) is 3.74. The van der Waals surface area contributed by atoms with E-state index >= 15 is 0 Å². The van der Waals surface area contributed by atoms with E-state index in [1.807, 2.05) is 11.8 Å². The molecule has 0 aromatic rings. The summed E-state index contributed by atoms with van der Waals surface area (Å²) >= 11 is 2.02. The van der Waals surface area contributed by atoms with E-state index in [1.165, 1.54) is 39.0 Å². The SMILES string of the molecule is CS[C@@H]1CNC[C@@H]1N1CCCC1. The molecule has 0 unspecified atom stereocenters. The second kappa shape index (κ2) is 3.99. The van der Waals surface area contributed by atoms with Gasteiger partial charge in [-0.25, -0.2) is 0 Å². The fraction of sp³-hybridized carbons (Fsp3) is 1.00. The molecule has 0 spiro atoms. The van der Waals surface area contributed by atoms with Gasteiger partial charge >= 0.3 is 0 Å². The molecule has 0 radical (unpaired) electrons. The molecule has 0 aromatic carbocycles. The highest BCUT2D eigenvalue weighted by molar-refractivity contribution is 7.99. The predicted octanol–water partition coefficient (Wildman–Crippen LogP) is 0.786. The van der Waals surface area contributed by atoms with Crippen LogP contribution in [0.5, 0.6) is 0 Å². The molecule has 0 bridgehead atoms. The largest absolute Gasteiger partial charge is 0.314 e. The maximum Gasteiger partial charge on any atom is 0.0351 e. The average molecular weight is 186 g/mol. The van der Waals surface area contributed by atoms with Crippen molar-refractivity contribution in [2.75, 3.05) is 32.4 Å². The van der Waals surface area contributed by atoms with Crippen molar-refractivity contribution >= 4 is 11.8 Å². The lowest BCUT2D eigenvalue weighted by Gasteiger charge is -2.26. The summed E-state index contributed by atoms with van der Waals surface area (Å²) in [7, 11) is 0. The molecule has 2 saturated heterocycles. The molecular formula is C9H18N2S. The molecule has 2 rings (SSSR count). The summed E-state index contributed by atoms with van der Waals surface area (Å²) in [5.41, 5.74) is 0. The molecule has 0 aromatic heterocycles. The van der Waals surface area contributed by atoms with Gasteiger partial charge in [-0.3, -0.25) is 4.90 Å². The number of nitrogens with zero attached hydrogens (tertiary/aromatic N) is 1. The Morgan fingerprint density at radius 3 is 2.67 bits per heavy atom. The van der Waals surface area contributed by atoms with Gasteiger partial charge in [-0.1, -0.05) is 0 Å². The van der Waals surface area contributed by atoms with E-state index < -0.39 is 0 Å². The average Bonchev–Trinajstić information content (AvgIpc) is 2.74. The van der Waals surface area contributed by atoms with E-state index in [2.05, 4.69) is 16.5 Å². The van der Waals surface area contributed by atoms with Crippen molar-refractivity contribution in [1.82, 2.24) is 10.2 Å². The van der Waals surface area contributed by atoms with Crippen LogP contribution in [0.1, 0.15) is 12.8 Å². The topological polar surface area (TPSA) is 15.3 Å². The first-order valence-electron chi connectivity index (χ1n) is 4.89. The van der Waals surface area contributed by atoms with E-state index in [0.717, 1.165) is 11.3 Å². The Labute approximate surface area is 79.1 Å². The zero-order chi connectivity index (χ0) is 8.39. The van der Waals surface area contributed by atoms with E-state index in [1.54, 1.807) is 0 Å². The normalized spacial score (nSPS) is 37.8. The Kier molecular flexibility index (Phi) is 2.94. The van der Waals surface area contributed by atoms with Gasteiger partial charge in [0, 0.05) is 24.4 Å². The summed E-state index contributed by atoms with van der Waals surface area (Å²) in [5, 5.41) is 4.32. The van der Waals surface area contributed by atoms with Crippen molar-refractivity contribution in [1.29, 1.82) is 0 Å². The molecule has 70 valence electrons. The van der Waals surface area contributed by atoms with Crippen LogP contribution in [0, 0.1) is 0 Å². The van der Waals surface area contributed by atoms with Gasteiger partial charge in [-0.15, -0.1) is 0 Å². The van der Waals surface area contributed by atoms with E-state index in [0.29, 0.717) is 0 Å². The van der Waals surface area contributed by atoms with Gasteiger partial charge in [0.2, 0.25) is 0 Å². The summed E-state index contributed by atoms with van der Waals surface area (Å²) in [5.74, 6) is 0. The first-order chi connectivity index (χ1) is 5.92. The Morgan fingerprint density at radius 1 is 1.25 bits per heavy atom. The minimum Gasteiger partial charge on any atom is -0.314 e. The third-order valence-corrected chi connectivity index (χ3v) is 4.13. The van der Waals surface area contributed by atoms with Gasteiger partial charge in [-0.05, 0) is 32.2 Å². The van der Waals surface area contributed by atoms with Crippen LogP contribution in [-0.4, -0.2) is 48.6 Å². The summed E-state index contributed by atoms with van der Waals surface area (Å²) < 4.78 is 0. The summed E-state index contributed by atoms with van der Waals surface area (Å²) in [6.45, 7) is 5.10. The molecule has 2 atom stereocenters. The van der Waals surface area contributed by atoms with Gasteiger partial charge in [-0.2, -0.15) is 11.8 Å². The molecule has 0 amide bonds. The molecule has 2 aliphatic rings. The van der Waals surface area contributed by atoms with Gasteiger partial charge in [0.05, 0.1) is 0 Å². The monoisotopic (exact) mass is 186 g/mol. The van der Waals surface area contributed by atoms with E-state index in [9.17, 15) is 0 Å². The first-order valence-corrected chi connectivity index (χ1v) is 6.18. The minimum atomic E-state index is 0.822. The van der Waals surface area contributed by atoms with Crippen molar-refractivity contribution in [3.63, 3.8) is 0 Å². The van der Waals surface area contributed by atoms with Gasteiger partial charge in [0.1, 0.15) is 0 Å². The van der Waals surface area contributed by atoms with Gasteiger partial charge < -0.3 is 5.32 Å².